The van der Waals surface area contributed by atoms with E-state index in [4.69, 9.17) is 11.6 Å². The highest BCUT2D eigenvalue weighted by molar-refractivity contribution is 6.30. The topological polar surface area (TPSA) is 60.9 Å². The molecule has 0 bridgehead atoms. The normalized spacial score (nSPS) is 23.4. The lowest BCUT2D eigenvalue weighted by atomic mass is 9.93. The number of amides is 3. The highest BCUT2D eigenvalue weighted by atomic mass is 35.5. The monoisotopic (exact) mass is 445 g/mol. The molecular weight excluding hydrogens is 414 g/mol. The van der Waals surface area contributed by atoms with Crippen LogP contribution in [-0.2, 0) is 20.8 Å². The third kappa shape index (κ3) is 5.40. The summed E-state index contributed by atoms with van der Waals surface area (Å²) in [5.74, 6) is 0.00627. The molecule has 2 aliphatic heterocycles. The van der Waals surface area contributed by atoms with Crippen LogP contribution >= 0.6 is 11.6 Å². The molecule has 2 saturated heterocycles. The molecule has 1 atom stereocenters. The van der Waals surface area contributed by atoms with Gasteiger partial charge in [0.1, 0.15) is 0 Å². The molecule has 1 aromatic carbocycles. The molecule has 0 N–H and O–H groups in total. The smallest absolute Gasteiger partial charge is 0.242 e. The molecule has 2 heterocycles. The molecule has 31 heavy (non-hydrogen) atoms. The van der Waals surface area contributed by atoms with E-state index in [0.29, 0.717) is 50.1 Å². The van der Waals surface area contributed by atoms with Crippen molar-refractivity contribution in [1.29, 1.82) is 0 Å². The van der Waals surface area contributed by atoms with Crippen molar-refractivity contribution in [3.63, 3.8) is 0 Å². The van der Waals surface area contributed by atoms with Crippen molar-refractivity contribution in [2.24, 2.45) is 5.92 Å². The average molecular weight is 446 g/mol. The number of piperazine rings is 1. The van der Waals surface area contributed by atoms with Gasteiger partial charge in [0, 0.05) is 43.7 Å². The van der Waals surface area contributed by atoms with E-state index >= 15 is 0 Å². The highest BCUT2D eigenvalue weighted by Gasteiger charge is 2.37. The summed E-state index contributed by atoms with van der Waals surface area (Å²) in [6.45, 7) is 2.48. The van der Waals surface area contributed by atoms with Gasteiger partial charge in [-0.3, -0.25) is 14.4 Å². The van der Waals surface area contributed by atoms with Crippen molar-refractivity contribution in [2.45, 2.75) is 57.4 Å². The maximum atomic E-state index is 13.1. The minimum Gasteiger partial charge on any atom is -0.342 e. The molecule has 4 rings (SSSR count). The average Bonchev–Trinajstić information content (AvgIpc) is 2.79. The van der Waals surface area contributed by atoms with Crippen LogP contribution in [0.2, 0.25) is 5.02 Å². The van der Waals surface area contributed by atoms with Gasteiger partial charge in [-0.2, -0.15) is 0 Å². The Balaban J connectivity index is 1.30. The van der Waals surface area contributed by atoms with Gasteiger partial charge in [0.2, 0.25) is 17.7 Å². The van der Waals surface area contributed by atoms with Gasteiger partial charge < -0.3 is 14.7 Å². The minimum atomic E-state index is -0.211. The van der Waals surface area contributed by atoms with Crippen LogP contribution in [0.25, 0.3) is 0 Å². The lowest BCUT2D eigenvalue weighted by molar-refractivity contribution is -0.152. The number of benzene rings is 1. The zero-order chi connectivity index (χ0) is 21.8. The van der Waals surface area contributed by atoms with E-state index in [1.165, 1.54) is 19.3 Å². The van der Waals surface area contributed by atoms with Crippen molar-refractivity contribution in [1.82, 2.24) is 14.7 Å². The number of hydrogen-bond donors (Lipinski definition) is 0. The fraction of sp³-hybridized carbons (Fsp3) is 0.625. The van der Waals surface area contributed by atoms with Crippen LogP contribution in [0.3, 0.4) is 0 Å². The van der Waals surface area contributed by atoms with E-state index < -0.39 is 0 Å². The summed E-state index contributed by atoms with van der Waals surface area (Å²) in [6, 6.07) is 8.00. The second kappa shape index (κ2) is 10.0. The molecule has 1 unspecified atom stereocenters. The van der Waals surface area contributed by atoms with Gasteiger partial charge in [0.25, 0.3) is 0 Å². The Hall–Kier alpha value is -2.08. The summed E-state index contributed by atoms with van der Waals surface area (Å²) >= 11 is 5.94. The standard InChI is InChI=1S/C24H32ClN3O3/c25-20-9-6-18(7-10-20)12-13-26-16-19(8-11-22(26)29)24(31)27-14-15-28(23(30)17-27)21-4-2-1-3-5-21/h6-7,9-10,19,21H,1-5,8,11-17H2. The van der Waals surface area contributed by atoms with Crippen molar-refractivity contribution in [3.05, 3.63) is 34.9 Å². The first kappa shape index (κ1) is 22.1. The summed E-state index contributed by atoms with van der Waals surface area (Å²) in [5.41, 5.74) is 1.12. The molecule has 3 aliphatic rings. The third-order valence-electron chi connectivity index (χ3n) is 7.02. The maximum Gasteiger partial charge on any atom is 0.242 e. The number of carbonyl (C=O) groups excluding carboxylic acids is 3. The molecule has 7 heteroatoms. The third-order valence-corrected chi connectivity index (χ3v) is 7.27. The van der Waals surface area contributed by atoms with Gasteiger partial charge in [-0.1, -0.05) is 43.0 Å². The van der Waals surface area contributed by atoms with Gasteiger partial charge in [0.15, 0.2) is 0 Å². The number of carbonyl (C=O) groups is 3. The van der Waals surface area contributed by atoms with Crippen LogP contribution in [0.15, 0.2) is 24.3 Å². The Bertz CT molecular complexity index is 807. The number of nitrogens with zero attached hydrogens (tertiary/aromatic N) is 3. The zero-order valence-corrected chi connectivity index (χ0v) is 18.9. The van der Waals surface area contributed by atoms with E-state index in [-0.39, 0.29) is 30.2 Å². The number of halogens is 1. The molecule has 1 saturated carbocycles. The van der Waals surface area contributed by atoms with Crippen LogP contribution in [0.1, 0.15) is 50.5 Å². The van der Waals surface area contributed by atoms with Gasteiger partial charge in [-0.15, -0.1) is 0 Å². The van der Waals surface area contributed by atoms with Crippen LogP contribution in [-0.4, -0.2) is 71.2 Å². The van der Waals surface area contributed by atoms with Crippen LogP contribution in [0.4, 0.5) is 0 Å². The minimum absolute atomic E-state index is 0.0284. The van der Waals surface area contributed by atoms with Gasteiger partial charge >= 0.3 is 0 Å². The molecule has 0 spiro atoms. The van der Waals surface area contributed by atoms with Crippen LogP contribution < -0.4 is 0 Å². The molecular formula is C24H32ClN3O3. The number of hydrogen-bond acceptors (Lipinski definition) is 3. The molecule has 3 amide bonds. The molecule has 1 aromatic rings. The van der Waals surface area contributed by atoms with Crippen molar-refractivity contribution >= 4 is 29.3 Å². The molecule has 1 aliphatic carbocycles. The Morgan fingerprint density at radius 2 is 1.71 bits per heavy atom. The molecule has 0 radical (unpaired) electrons. The van der Waals surface area contributed by atoms with E-state index in [1.54, 1.807) is 9.80 Å². The van der Waals surface area contributed by atoms with E-state index in [2.05, 4.69) is 0 Å². The summed E-state index contributed by atoms with van der Waals surface area (Å²) in [6.07, 6.45) is 7.54. The van der Waals surface area contributed by atoms with Crippen molar-refractivity contribution in [2.75, 3.05) is 32.7 Å². The SMILES string of the molecule is O=C1CCC(C(=O)N2CCN(C3CCCCC3)C(=O)C2)CN1CCc1ccc(Cl)cc1. The predicted molar refractivity (Wildman–Crippen MR) is 120 cm³/mol. The Kier molecular flexibility index (Phi) is 7.16. The highest BCUT2D eigenvalue weighted by Crippen LogP contribution is 2.26. The lowest BCUT2D eigenvalue weighted by Gasteiger charge is -2.42. The first-order chi connectivity index (χ1) is 15.0. The number of likely N-dealkylation sites (tertiary alicyclic amines) is 1. The Labute approximate surface area is 189 Å². The van der Waals surface area contributed by atoms with E-state index in [0.717, 1.165) is 24.8 Å². The molecule has 3 fully saturated rings. The lowest BCUT2D eigenvalue weighted by Crippen LogP contribution is -2.57. The fourth-order valence-electron chi connectivity index (χ4n) is 5.16. The molecule has 6 nitrogen and oxygen atoms in total. The first-order valence-corrected chi connectivity index (χ1v) is 12.0. The second-order valence-electron chi connectivity index (χ2n) is 9.09. The van der Waals surface area contributed by atoms with Gasteiger partial charge in [-0.05, 0) is 43.4 Å². The fourth-order valence-corrected chi connectivity index (χ4v) is 5.29. The predicted octanol–water partition coefficient (Wildman–Crippen LogP) is 3.12. The van der Waals surface area contributed by atoms with Crippen LogP contribution in [0.5, 0.6) is 0 Å². The van der Waals surface area contributed by atoms with E-state index in [9.17, 15) is 14.4 Å². The van der Waals surface area contributed by atoms with Crippen LogP contribution in [0, 0.1) is 5.92 Å². The molecule has 0 aromatic heterocycles. The first-order valence-electron chi connectivity index (χ1n) is 11.6. The van der Waals surface area contributed by atoms with Crippen molar-refractivity contribution in [3.8, 4) is 0 Å². The number of rotatable bonds is 5. The Morgan fingerprint density at radius 1 is 0.968 bits per heavy atom. The summed E-state index contributed by atoms with van der Waals surface area (Å²) in [5, 5.41) is 0.696. The maximum absolute atomic E-state index is 13.1. The quantitative estimate of drug-likeness (QED) is 0.699. The number of piperidine rings is 1. The summed E-state index contributed by atoms with van der Waals surface area (Å²) in [7, 11) is 0. The van der Waals surface area contributed by atoms with Gasteiger partial charge in [0.05, 0.1) is 12.5 Å². The van der Waals surface area contributed by atoms with E-state index in [1.807, 2.05) is 29.2 Å². The molecule has 168 valence electrons. The Morgan fingerprint density at radius 3 is 2.42 bits per heavy atom. The largest absolute Gasteiger partial charge is 0.342 e. The summed E-state index contributed by atoms with van der Waals surface area (Å²) < 4.78 is 0. The second-order valence-corrected chi connectivity index (χ2v) is 9.53. The zero-order valence-electron chi connectivity index (χ0n) is 18.1. The van der Waals surface area contributed by atoms with Crippen molar-refractivity contribution < 1.29 is 14.4 Å². The summed E-state index contributed by atoms with van der Waals surface area (Å²) in [4.78, 5) is 43.8. The van der Waals surface area contributed by atoms with Gasteiger partial charge in [-0.25, -0.2) is 0 Å².